The van der Waals surface area contributed by atoms with Crippen LogP contribution in [-0.2, 0) is 15.6 Å². The monoisotopic (exact) mass is 190 g/mol. The molecule has 1 rings (SSSR count). The molecule has 1 saturated carbocycles. The average molecular weight is 190 g/mol. The van der Waals surface area contributed by atoms with E-state index in [1.54, 1.807) is 0 Å². The lowest BCUT2D eigenvalue weighted by Gasteiger charge is -2.11. The Labute approximate surface area is 74.6 Å². The maximum Gasteiger partial charge on any atom is 0.318 e. The molecule has 1 fully saturated rings. The topological polar surface area (TPSA) is 54.4 Å². The minimum Gasteiger partial charge on any atom is -0.480 e. The molecule has 70 valence electrons. The molecule has 2 atom stereocenters. The van der Waals surface area contributed by atoms with Crippen LogP contribution in [0.25, 0.3) is 0 Å². The van der Waals surface area contributed by atoms with Crippen molar-refractivity contribution < 1.29 is 14.1 Å². The van der Waals surface area contributed by atoms with E-state index in [0.717, 1.165) is 25.7 Å². The van der Waals surface area contributed by atoms with E-state index in [-0.39, 0.29) is 5.25 Å². The van der Waals surface area contributed by atoms with Crippen LogP contribution in [0.2, 0.25) is 0 Å². The molecule has 0 spiro atoms. The Morgan fingerprint density at radius 3 is 2.42 bits per heavy atom. The van der Waals surface area contributed by atoms with E-state index in [1.807, 2.05) is 0 Å². The summed E-state index contributed by atoms with van der Waals surface area (Å²) in [6.07, 6.45) is 4.07. The van der Waals surface area contributed by atoms with Crippen molar-refractivity contribution in [3.8, 4) is 0 Å². The molecule has 0 radical (unpaired) electrons. The van der Waals surface area contributed by atoms with Gasteiger partial charge in [-0.2, -0.15) is 0 Å². The number of carboxylic acids is 1. The second kappa shape index (κ2) is 4.03. The fourth-order valence-corrected chi connectivity index (χ4v) is 3.08. The SMILES string of the molecule is CC(C(=O)O)S(=O)C1CCCC1. The highest BCUT2D eigenvalue weighted by Gasteiger charge is 2.28. The van der Waals surface area contributed by atoms with Crippen molar-refractivity contribution in [2.24, 2.45) is 0 Å². The molecule has 1 aliphatic carbocycles. The summed E-state index contributed by atoms with van der Waals surface area (Å²) in [5, 5.41) is 8.05. The first kappa shape index (κ1) is 9.71. The van der Waals surface area contributed by atoms with Gasteiger partial charge in [0, 0.05) is 16.0 Å². The summed E-state index contributed by atoms with van der Waals surface area (Å²) in [7, 11) is -1.17. The summed E-state index contributed by atoms with van der Waals surface area (Å²) in [6.45, 7) is 1.52. The molecular weight excluding hydrogens is 176 g/mol. The van der Waals surface area contributed by atoms with Crippen molar-refractivity contribution in [1.82, 2.24) is 0 Å². The Bertz CT molecular complexity index is 196. The number of rotatable bonds is 3. The molecule has 1 aliphatic rings. The third kappa shape index (κ3) is 2.06. The van der Waals surface area contributed by atoms with E-state index in [9.17, 15) is 9.00 Å². The number of carbonyl (C=O) groups is 1. The maximum absolute atomic E-state index is 11.5. The molecule has 0 saturated heterocycles. The van der Waals surface area contributed by atoms with Crippen LogP contribution in [0.3, 0.4) is 0 Å². The first-order valence-electron chi connectivity index (χ1n) is 4.25. The van der Waals surface area contributed by atoms with Crippen molar-refractivity contribution in [1.29, 1.82) is 0 Å². The van der Waals surface area contributed by atoms with Gasteiger partial charge >= 0.3 is 5.97 Å². The lowest BCUT2D eigenvalue weighted by molar-refractivity contribution is -0.136. The predicted molar refractivity (Wildman–Crippen MR) is 47.5 cm³/mol. The zero-order valence-electron chi connectivity index (χ0n) is 7.16. The van der Waals surface area contributed by atoms with Crippen LogP contribution in [0.1, 0.15) is 32.6 Å². The Hall–Kier alpha value is -0.380. The molecular formula is C8H14O3S. The van der Waals surface area contributed by atoms with Crippen molar-refractivity contribution >= 4 is 16.8 Å². The maximum atomic E-state index is 11.5. The predicted octanol–water partition coefficient (Wildman–Crippen LogP) is 1.15. The minimum absolute atomic E-state index is 0.135. The lowest BCUT2D eigenvalue weighted by atomic mass is 10.4. The number of hydrogen-bond acceptors (Lipinski definition) is 2. The molecule has 0 aromatic carbocycles. The molecule has 0 aliphatic heterocycles. The van der Waals surface area contributed by atoms with E-state index in [1.165, 1.54) is 6.92 Å². The Balaban J connectivity index is 2.51. The molecule has 2 unspecified atom stereocenters. The van der Waals surface area contributed by atoms with Gasteiger partial charge in [-0.3, -0.25) is 9.00 Å². The van der Waals surface area contributed by atoms with Crippen molar-refractivity contribution in [3.05, 3.63) is 0 Å². The number of hydrogen-bond donors (Lipinski definition) is 1. The molecule has 12 heavy (non-hydrogen) atoms. The van der Waals surface area contributed by atoms with Crippen LogP contribution < -0.4 is 0 Å². The summed E-state index contributed by atoms with van der Waals surface area (Å²) in [5.74, 6) is -0.944. The highest BCUT2D eigenvalue weighted by Crippen LogP contribution is 2.24. The minimum atomic E-state index is -1.17. The largest absolute Gasteiger partial charge is 0.480 e. The Morgan fingerprint density at radius 2 is 2.00 bits per heavy atom. The van der Waals surface area contributed by atoms with Crippen molar-refractivity contribution in [2.75, 3.05) is 0 Å². The first-order chi connectivity index (χ1) is 5.63. The van der Waals surface area contributed by atoms with Gasteiger partial charge in [0.15, 0.2) is 0 Å². The molecule has 0 aromatic heterocycles. The molecule has 0 bridgehead atoms. The van der Waals surface area contributed by atoms with E-state index in [4.69, 9.17) is 5.11 Å². The normalized spacial score (nSPS) is 23.8. The molecule has 4 heteroatoms. The number of aliphatic carboxylic acids is 1. The van der Waals surface area contributed by atoms with Crippen LogP contribution in [0.5, 0.6) is 0 Å². The van der Waals surface area contributed by atoms with Gasteiger partial charge in [-0.25, -0.2) is 0 Å². The molecule has 3 nitrogen and oxygen atoms in total. The van der Waals surface area contributed by atoms with Crippen LogP contribution in [0.15, 0.2) is 0 Å². The highest BCUT2D eigenvalue weighted by atomic mass is 32.2. The van der Waals surface area contributed by atoms with Gasteiger partial charge in [0.05, 0.1) is 0 Å². The highest BCUT2D eigenvalue weighted by molar-refractivity contribution is 7.87. The summed E-state index contributed by atoms with van der Waals surface area (Å²) < 4.78 is 11.5. The Morgan fingerprint density at radius 1 is 1.50 bits per heavy atom. The Kier molecular flexibility index (Phi) is 3.26. The van der Waals surface area contributed by atoms with Crippen LogP contribution >= 0.6 is 0 Å². The third-order valence-electron chi connectivity index (χ3n) is 2.33. The molecule has 0 aromatic rings. The summed E-state index contributed by atoms with van der Waals surface area (Å²) >= 11 is 0. The van der Waals surface area contributed by atoms with E-state index < -0.39 is 22.0 Å². The molecule has 0 amide bonds. The van der Waals surface area contributed by atoms with Gasteiger partial charge in [0.25, 0.3) is 0 Å². The fraction of sp³-hybridized carbons (Fsp3) is 0.875. The van der Waals surface area contributed by atoms with Gasteiger partial charge in [-0.1, -0.05) is 12.8 Å². The zero-order valence-corrected chi connectivity index (χ0v) is 7.97. The van der Waals surface area contributed by atoms with Crippen molar-refractivity contribution in [2.45, 2.75) is 43.1 Å². The van der Waals surface area contributed by atoms with E-state index >= 15 is 0 Å². The van der Waals surface area contributed by atoms with E-state index in [0.29, 0.717) is 0 Å². The second-order valence-corrected chi connectivity index (χ2v) is 5.25. The third-order valence-corrected chi connectivity index (χ3v) is 4.35. The summed E-state index contributed by atoms with van der Waals surface area (Å²) in [4.78, 5) is 10.5. The smallest absolute Gasteiger partial charge is 0.318 e. The van der Waals surface area contributed by atoms with Gasteiger partial charge in [0.2, 0.25) is 0 Å². The second-order valence-electron chi connectivity index (χ2n) is 3.22. The average Bonchev–Trinajstić information content (AvgIpc) is 2.53. The zero-order chi connectivity index (χ0) is 9.14. The summed E-state index contributed by atoms with van der Waals surface area (Å²) in [5.41, 5.74) is 0. The van der Waals surface area contributed by atoms with Crippen LogP contribution in [0.4, 0.5) is 0 Å². The lowest BCUT2D eigenvalue weighted by Crippen LogP contribution is -2.28. The molecule has 1 N–H and O–H groups in total. The molecule has 0 heterocycles. The number of carboxylic acid groups (broad SMARTS) is 1. The summed E-state index contributed by atoms with van der Waals surface area (Å²) in [6, 6.07) is 0. The van der Waals surface area contributed by atoms with Crippen LogP contribution in [0, 0.1) is 0 Å². The van der Waals surface area contributed by atoms with Gasteiger partial charge in [0.1, 0.15) is 5.25 Å². The van der Waals surface area contributed by atoms with Crippen molar-refractivity contribution in [3.63, 3.8) is 0 Å². The van der Waals surface area contributed by atoms with E-state index in [2.05, 4.69) is 0 Å². The quantitative estimate of drug-likeness (QED) is 0.726. The first-order valence-corrected chi connectivity index (χ1v) is 5.52. The van der Waals surface area contributed by atoms with Gasteiger partial charge in [-0.05, 0) is 19.8 Å². The standard InChI is InChI=1S/C8H14O3S/c1-6(8(9)10)12(11)7-4-2-3-5-7/h6-7H,2-5H2,1H3,(H,9,10). The van der Waals surface area contributed by atoms with Gasteiger partial charge in [-0.15, -0.1) is 0 Å². The van der Waals surface area contributed by atoms with Gasteiger partial charge < -0.3 is 5.11 Å². The van der Waals surface area contributed by atoms with Crippen LogP contribution in [-0.4, -0.2) is 25.8 Å². The fourth-order valence-electron chi connectivity index (χ4n) is 1.51.